The van der Waals surface area contributed by atoms with Crippen LogP contribution in [0.5, 0.6) is 0 Å². The van der Waals surface area contributed by atoms with Crippen LogP contribution in [0.15, 0.2) is 0 Å². The summed E-state index contributed by atoms with van der Waals surface area (Å²) in [7, 11) is -3.22. The van der Waals surface area contributed by atoms with E-state index in [9.17, 15) is 13.7 Å². The Morgan fingerprint density at radius 2 is 2.00 bits per heavy atom. The second-order valence-electron chi connectivity index (χ2n) is 5.91. The summed E-state index contributed by atoms with van der Waals surface area (Å²) in [5.41, 5.74) is -0.755. The number of hydrogen-bond donors (Lipinski definition) is 0. The highest BCUT2D eigenvalue weighted by molar-refractivity contribution is 7.89. The number of hydrogen-bond acceptors (Lipinski definition) is 3. The zero-order chi connectivity index (χ0) is 13.4. The van der Waals surface area contributed by atoms with Gasteiger partial charge in [-0.05, 0) is 37.5 Å². The first-order valence-electron chi connectivity index (χ1n) is 6.85. The topological polar surface area (TPSA) is 61.2 Å². The van der Waals surface area contributed by atoms with Crippen molar-refractivity contribution in [2.75, 3.05) is 12.3 Å². The van der Waals surface area contributed by atoms with Crippen molar-refractivity contribution in [2.24, 2.45) is 11.8 Å². The van der Waals surface area contributed by atoms with E-state index in [1.807, 2.05) is 6.92 Å². The Bertz CT molecular complexity index is 444. The Balaban J connectivity index is 2.22. The van der Waals surface area contributed by atoms with Gasteiger partial charge in [-0.2, -0.15) is 9.57 Å². The van der Waals surface area contributed by atoms with Crippen LogP contribution >= 0.6 is 0 Å². The van der Waals surface area contributed by atoms with E-state index in [0.717, 1.165) is 19.3 Å². The Hall–Kier alpha value is -0.600. The van der Waals surface area contributed by atoms with E-state index >= 15 is 0 Å². The summed E-state index contributed by atoms with van der Waals surface area (Å²) < 4.78 is 25.8. The average Bonchev–Trinajstić information content (AvgIpc) is 2.63. The zero-order valence-corrected chi connectivity index (χ0v) is 12.0. The highest BCUT2D eigenvalue weighted by Crippen LogP contribution is 2.41. The minimum atomic E-state index is -3.22. The molecule has 1 aliphatic carbocycles. The van der Waals surface area contributed by atoms with E-state index in [2.05, 4.69) is 13.0 Å². The first-order valence-corrected chi connectivity index (χ1v) is 8.46. The molecule has 2 aliphatic rings. The molecular weight excluding hydrogens is 248 g/mol. The Morgan fingerprint density at radius 1 is 1.39 bits per heavy atom. The summed E-state index contributed by atoms with van der Waals surface area (Å²) in [6, 6.07) is 2.33. The molecule has 18 heavy (non-hydrogen) atoms. The fourth-order valence-corrected chi connectivity index (χ4v) is 5.56. The molecule has 1 aliphatic heterocycles. The van der Waals surface area contributed by atoms with Crippen LogP contribution < -0.4 is 0 Å². The van der Waals surface area contributed by atoms with Crippen molar-refractivity contribution in [3.63, 3.8) is 0 Å². The monoisotopic (exact) mass is 270 g/mol. The third-order valence-electron chi connectivity index (χ3n) is 4.50. The molecule has 2 rings (SSSR count). The molecule has 1 unspecified atom stereocenters. The summed E-state index contributed by atoms with van der Waals surface area (Å²) in [5.74, 6) is 1.01. The molecule has 5 heteroatoms. The molecule has 0 spiro atoms. The number of nitrogens with zero attached hydrogens (tertiary/aromatic N) is 2. The minimum Gasteiger partial charge on any atom is -0.212 e. The Morgan fingerprint density at radius 3 is 2.39 bits per heavy atom. The molecule has 2 fully saturated rings. The van der Waals surface area contributed by atoms with Gasteiger partial charge in [0.2, 0.25) is 10.0 Å². The second-order valence-corrected chi connectivity index (χ2v) is 7.85. The van der Waals surface area contributed by atoms with E-state index in [-0.39, 0.29) is 11.7 Å². The van der Waals surface area contributed by atoms with Crippen LogP contribution in [0.1, 0.15) is 46.0 Å². The molecule has 1 saturated heterocycles. The maximum absolute atomic E-state index is 12.2. The second kappa shape index (κ2) is 4.82. The molecule has 0 aromatic carbocycles. The predicted octanol–water partition coefficient (Wildman–Crippen LogP) is 2.13. The van der Waals surface area contributed by atoms with Crippen molar-refractivity contribution in [3.8, 4) is 6.07 Å². The van der Waals surface area contributed by atoms with Gasteiger partial charge in [0.15, 0.2) is 0 Å². The maximum atomic E-state index is 12.2. The third kappa shape index (κ3) is 2.28. The van der Waals surface area contributed by atoms with Gasteiger partial charge in [0.25, 0.3) is 0 Å². The van der Waals surface area contributed by atoms with Crippen LogP contribution in [-0.4, -0.2) is 30.6 Å². The van der Waals surface area contributed by atoms with Crippen molar-refractivity contribution in [3.05, 3.63) is 0 Å². The highest BCUT2D eigenvalue weighted by Gasteiger charge is 2.49. The molecule has 0 aromatic heterocycles. The van der Waals surface area contributed by atoms with E-state index < -0.39 is 15.6 Å². The molecule has 1 heterocycles. The van der Waals surface area contributed by atoms with Crippen LogP contribution in [0.25, 0.3) is 0 Å². The predicted molar refractivity (Wildman–Crippen MR) is 70.2 cm³/mol. The molecule has 0 radical (unpaired) electrons. The quantitative estimate of drug-likeness (QED) is 0.772. The van der Waals surface area contributed by atoms with Gasteiger partial charge in [-0.15, -0.1) is 0 Å². The van der Waals surface area contributed by atoms with Gasteiger partial charge in [0.05, 0.1) is 11.8 Å². The van der Waals surface area contributed by atoms with E-state index in [0.29, 0.717) is 25.3 Å². The van der Waals surface area contributed by atoms with Crippen LogP contribution in [0.4, 0.5) is 0 Å². The normalized spacial score (nSPS) is 40.5. The number of sulfonamides is 1. The zero-order valence-electron chi connectivity index (χ0n) is 11.2. The summed E-state index contributed by atoms with van der Waals surface area (Å²) >= 11 is 0. The molecule has 1 saturated carbocycles. The minimum absolute atomic E-state index is 0.143. The van der Waals surface area contributed by atoms with Gasteiger partial charge in [0.1, 0.15) is 5.54 Å². The molecule has 0 aromatic rings. The van der Waals surface area contributed by atoms with E-state index in [1.54, 1.807) is 0 Å². The van der Waals surface area contributed by atoms with Crippen LogP contribution in [0.2, 0.25) is 0 Å². The summed E-state index contributed by atoms with van der Waals surface area (Å²) in [6.45, 7) is 4.63. The highest BCUT2D eigenvalue weighted by atomic mass is 32.2. The SMILES string of the molecule is CCC1CCC(C#N)(N2CC(C)CS2(=O)=O)CC1. The van der Waals surface area contributed by atoms with Crippen LogP contribution in [-0.2, 0) is 10.0 Å². The van der Waals surface area contributed by atoms with Crippen molar-refractivity contribution in [1.29, 1.82) is 5.26 Å². The third-order valence-corrected chi connectivity index (χ3v) is 6.66. The summed E-state index contributed by atoms with van der Waals surface area (Å²) in [4.78, 5) is 0. The van der Waals surface area contributed by atoms with Crippen molar-refractivity contribution in [1.82, 2.24) is 4.31 Å². The Kier molecular flexibility index (Phi) is 3.70. The molecule has 0 amide bonds. The van der Waals surface area contributed by atoms with Crippen LogP contribution in [0.3, 0.4) is 0 Å². The molecular formula is C13H22N2O2S. The van der Waals surface area contributed by atoms with Gasteiger partial charge in [-0.25, -0.2) is 8.42 Å². The fraction of sp³-hybridized carbons (Fsp3) is 0.923. The van der Waals surface area contributed by atoms with Crippen molar-refractivity contribution < 1.29 is 8.42 Å². The lowest BCUT2D eigenvalue weighted by Gasteiger charge is -2.40. The molecule has 0 bridgehead atoms. The van der Waals surface area contributed by atoms with Gasteiger partial charge >= 0.3 is 0 Å². The standard InChI is InChI=1S/C13H22N2O2S/c1-3-12-4-6-13(10-14,7-5-12)15-8-11(2)9-18(15,16)17/h11-12H,3-9H2,1-2H3. The Labute approximate surface area is 110 Å². The molecule has 0 N–H and O–H groups in total. The van der Waals surface area contributed by atoms with Gasteiger partial charge in [0, 0.05) is 6.54 Å². The number of nitriles is 1. The lowest BCUT2D eigenvalue weighted by Crippen LogP contribution is -2.50. The van der Waals surface area contributed by atoms with Crippen LogP contribution in [0, 0.1) is 23.2 Å². The summed E-state index contributed by atoms with van der Waals surface area (Å²) in [6.07, 6.45) is 4.49. The largest absolute Gasteiger partial charge is 0.215 e. The first-order chi connectivity index (χ1) is 8.43. The average molecular weight is 270 g/mol. The smallest absolute Gasteiger partial charge is 0.212 e. The van der Waals surface area contributed by atoms with E-state index in [1.165, 1.54) is 4.31 Å². The van der Waals surface area contributed by atoms with E-state index in [4.69, 9.17) is 0 Å². The lowest BCUT2D eigenvalue weighted by atomic mass is 9.76. The molecule has 4 nitrogen and oxygen atoms in total. The summed E-state index contributed by atoms with van der Waals surface area (Å²) in [5, 5.41) is 9.52. The maximum Gasteiger partial charge on any atom is 0.215 e. The fourth-order valence-electron chi connectivity index (χ4n) is 3.32. The first kappa shape index (κ1) is 13.8. The van der Waals surface area contributed by atoms with Gasteiger partial charge in [-0.1, -0.05) is 20.3 Å². The van der Waals surface area contributed by atoms with Gasteiger partial charge < -0.3 is 0 Å². The van der Waals surface area contributed by atoms with Gasteiger partial charge in [-0.3, -0.25) is 0 Å². The number of rotatable bonds is 2. The molecule has 102 valence electrons. The molecule has 1 atom stereocenters. The lowest BCUT2D eigenvalue weighted by molar-refractivity contribution is 0.155. The van der Waals surface area contributed by atoms with Crippen molar-refractivity contribution in [2.45, 2.75) is 51.5 Å². The van der Waals surface area contributed by atoms with Crippen molar-refractivity contribution >= 4 is 10.0 Å².